The second-order valence-corrected chi connectivity index (χ2v) is 6.30. The highest BCUT2D eigenvalue weighted by atomic mass is 79.9. The number of aromatic nitrogens is 1. The van der Waals surface area contributed by atoms with Gasteiger partial charge in [-0.3, -0.25) is 14.6 Å². The SMILES string of the molecule is CC(=O)C(Cc1ccccc1)NC(=O)COC(=O)c1cncc(Br)c1. The van der Waals surface area contributed by atoms with E-state index in [1.807, 2.05) is 30.3 Å². The van der Waals surface area contributed by atoms with Crippen molar-refractivity contribution in [3.63, 3.8) is 0 Å². The van der Waals surface area contributed by atoms with E-state index in [1.54, 1.807) is 6.07 Å². The molecule has 1 amide bonds. The van der Waals surface area contributed by atoms with E-state index in [-0.39, 0.29) is 11.3 Å². The van der Waals surface area contributed by atoms with Gasteiger partial charge >= 0.3 is 5.97 Å². The number of hydrogen-bond acceptors (Lipinski definition) is 5. The van der Waals surface area contributed by atoms with Crippen molar-refractivity contribution in [1.29, 1.82) is 0 Å². The van der Waals surface area contributed by atoms with Crippen LogP contribution in [0.1, 0.15) is 22.8 Å². The summed E-state index contributed by atoms with van der Waals surface area (Å²) < 4.78 is 5.58. The van der Waals surface area contributed by atoms with Crippen LogP contribution in [-0.2, 0) is 20.7 Å². The van der Waals surface area contributed by atoms with Crippen molar-refractivity contribution >= 4 is 33.6 Å². The average molecular weight is 405 g/mol. The maximum Gasteiger partial charge on any atom is 0.340 e. The Bertz CT molecular complexity index is 765. The summed E-state index contributed by atoms with van der Waals surface area (Å²) in [7, 11) is 0. The van der Waals surface area contributed by atoms with Gasteiger partial charge in [-0.05, 0) is 40.9 Å². The second kappa shape index (κ2) is 9.08. The highest BCUT2D eigenvalue weighted by molar-refractivity contribution is 9.10. The molecule has 2 aromatic rings. The van der Waals surface area contributed by atoms with E-state index in [4.69, 9.17) is 4.74 Å². The molecule has 0 spiro atoms. The van der Waals surface area contributed by atoms with Crippen LogP contribution >= 0.6 is 15.9 Å². The maximum atomic E-state index is 12.0. The molecule has 0 aliphatic carbocycles. The van der Waals surface area contributed by atoms with Gasteiger partial charge in [0.1, 0.15) is 0 Å². The van der Waals surface area contributed by atoms with Gasteiger partial charge in [0.05, 0.1) is 11.6 Å². The normalized spacial score (nSPS) is 11.4. The molecule has 1 unspecified atom stereocenters. The smallest absolute Gasteiger partial charge is 0.340 e. The summed E-state index contributed by atoms with van der Waals surface area (Å²) in [5.74, 6) is -1.36. The first-order valence-corrected chi connectivity index (χ1v) is 8.36. The molecule has 1 heterocycles. The van der Waals surface area contributed by atoms with Crippen molar-refractivity contribution in [1.82, 2.24) is 10.3 Å². The summed E-state index contributed by atoms with van der Waals surface area (Å²) in [5, 5.41) is 2.59. The standard InChI is InChI=1S/C18H17BrN2O4/c1-12(22)16(7-13-5-3-2-4-6-13)21-17(23)11-25-18(24)14-8-15(19)10-20-9-14/h2-6,8-10,16H,7,11H2,1H3,(H,21,23). The molecule has 0 bridgehead atoms. The topological polar surface area (TPSA) is 85.4 Å². The number of pyridine rings is 1. The van der Waals surface area contributed by atoms with Gasteiger partial charge in [0.15, 0.2) is 12.4 Å². The molecule has 0 fully saturated rings. The quantitative estimate of drug-likeness (QED) is 0.715. The molecule has 7 heteroatoms. The maximum absolute atomic E-state index is 12.0. The summed E-state index contributed by atoms with van der Waals surface area (Å²) in [4.78, 5) is 39.5. The number of hydrogen-bond donors (Lipinski definition) is 1. The van der Waals surface area contributed by atoms with E-state index < -0.39 is 24.5 Å². The lowest BCUT2D eigenvalue weighted by Gasteiger charge is -2.16. The van der Waals surface area contributed by atoms with Gasteiger partial charge in [-0.1, -0.05) is 30.3 Å². The lowest BCUT2D eigenvalue weighted by Crippen LogP contribution is -2.43. The summed E-state index contributed by atoms with van der Waals surface area (Å²) >= 11 is 3.20. The highest BCUT2D eigenvalue weighted by Crippen LogP contribution is 2.10. The Balaban J connectivity index is 1.88. The fourth-order valence-electron chi connectivity index (χ4n) is 2.12. The zero-order valence-electron chi connectivity index (χ0n) is 13.6. The number of carbonyl (C=O) groups excluding carboxylic acids is 3. The molecule has 0 saturated carbocycles. The minimum absolute atomic E-state index is 0.167. The number of benzene rings is 1. The Morgan fingerprint density at radius 3 is 2.56 bits per heavy atom. The number of halogens is 1. The molecule has 1 aromatic heterocycles. The Hall–Kier alpha value is -2.54. The molecule has 1 N–H and O–H groups in total. The van der Waals surface area contributed by atoms with Gasteiger partial charge < -0.3 is 10.1 Å². The zero-order chi connectivity index (χ0) is 18.2. The van der Waals surface area contributed by atoms with Crippen molar-refractivity contribution in [2.24, 2.45) is 0 Å². The number of nitrogens with zero attached hydrogens (tertiary/aromatic N) is 1. The lowest BCUT2D eigenvalue weighted by atomic mass is 10.0. The molecule has 130 valence electrons. The molecule has 0 aliphatic rings. The van der Waals surface area contributed by atoms with Crippen molar-refractivity contribution in [2.45, 2.75) is 19.4 Å². The fraction of sp³-hybridized carbons (Fsp3) is 0.222. The number of ether oxygens (including phenoxy) is 1. The van der Waals surface area contributed by atoms with Crippen LogP contribution in [0.3, 0.4) is 0 Å². The average Bonchev–Trinajstić information content (AvgIpc) is 2.60. The highest BCUT2D eigenvalue weighted by Gasteiger charge is 2.19. The molecular weight excluding hydrogens is 388 g/mol. The minimum atomic E-state index is -0.666. The van der Waals surface area contributed by atoms with E-state index in [9.17, 15) is 14.4 Å². The summed E-state index contributed by atoms with van der Waals surface area (Å²) in [6.45, 7) is 0.941. The first kappa shape index (κ1) is 18.8. The molecule has 0 aliphatic heterocycles. The number of amides is 1. The van der Waals surface area contributed by atoms with Crippen LogP contribution < -0.4 is 5.32 Å². The van der Waals surface area contributed by atoms with Crippen LogP contribution in [0.15, 0.2) is 53.3 Å². The predicted octanol–water partition coefficient (Wildman–Crippen LogP) is 2.32. The molecule has 2 rings (SSSR count). The first-order chi connectivity index (χ1) is 12.0. The molecule has 6 nitrogen and oxygen atoms in total. The van der Waals surface area contributed by atoms with E-state index in [0.29, 0.717) is 10.9 Å². The van der Waals surface area contributed by atoms with Crippen LogP contribution in [-0.4, -0.2) is 35.3 Å². The third-order valence-electron chi connectivity index (χ3n) is 3.38. The third-order valence-corrected chi connectivity index (χ3v) is 3.82. The Morgan fingerprint density at radius 2 is 1.92 bits per heavy atom. The minimum Gasteiger partial charge on any atom is -0.452 e. The summed E-state index contributed by atoms with van der Waals surface area (Å²) in [6.07, 6.45) is 3.26. The lowest BCUT2D eigenvalue weighted by molar-refractivity contribution is -0.128. The van der Waals surface area contributed by atoms with Crippen LogP contribution in [0.4, 0.5) is 0 Å². The fourth-order valence-corrected chi connectivity index (χ4v) is 2.48. The number of esters is 1. The first-order valence-electron chi connectivity index (χ1n) is 7.57. The second-order valence-electron chi connectivity index (χ2n) is 5.39. The van der Waals surface area contributed by atoms with Crippen molar-refractivity contribution < 1.29 is 19.1 Å². The van der Waals surface area contributed by atoms with Gasteiger partial charge in [0.2, 0.25) is 0 Å². The predicted molar refractivity (Wildman–Crippen MR) is 95.0 cm³/mol. The molecule has 0 radical (unpaired) electrons. The van der Waals surface area contributed by atoms with Crippen molar-refractivity contribution in [3.05, 3.63) is 64.4 Å². The number of rotatable bonds is 7. The molecule has 0 saturated heterocycles. The number of nitrogens with one attached hydrogen (secondary N) is 1. The number of ketones is 1. The zero-order valence-corrected chi connectivity index (χ0v) is 15.2. The van der Waals surface area contributed by atoms with Gasteiger partial charge in [-0.15, -0.1) is 0 Å². The molecular formula is C18H17BrN2O4. The van der Waals surface area contributed by atoms with E-state index >= 15 is 0 Å². The molecule has 1 aromatic carbocycles. The van der Waals surface area contributed by atoms with Crippen LogP contribution in [0.2, 0.25) is 0 Å². The Morgan fingerprint density at radius 1 is 1.20 bits per heavy atom. The summed E-state index contributed by atoms with van der Waals surface area (Å²) in [6, 6.07) is 10.2. The van der Waals surface area contributed by atoms with Gasteiger partial charge in [0, 0.05) is 16.9 Å². The Kier molecular flexibility index (Phi) is 6.82. The summed E-state index contributed by atoms with van der Waals surface area (Å²) in [5.41, 5.74) is 1.16. The van der Waals surface area contributed by atoms with Crippen LogP contribution in [0.5, 0.6) is 0 Å². The van der Waals surface area contributed by atoms with Gasteiger partial charge in [-0.25, -0.2) is 4.79 Å². The van der Waals surface area contributed by atoms with Crippen LogP contribution in [0.25, 0.3) is 0 Å². The van der Waals surface area contributed by atoms with E-state index in [2.05, 4.69) is 26.2 Å². The Labute approximate surface area is 153 Å². The monoisotopic (exact) mass is 404 g/mol. The van der Waals surface area contributed by atoms with Crippen molar-refractivity contribution in [2.75, 3.05) is 6.61 Å². The number of Topliss-reactive ketones (excluding diaryl/α,β-unsaturated/α-hetero) is 1. The van der Waals surface area contributed by atoms with E-state index in [0.717, 1.165) is 5.56 Å². The van der Waals surface area contributed by atoms with E-state index in [1.165, 1.54) is 19.3 Å². The third kappa shape index (κ3) is 6.11. The van der Waals surface area contributed by atoms with Crippen molar-refractivity contribution in [3.8, 4) is 0 Å². The van der Waals surface area contributed by atoms with Gasteiger partial charge in [-0.2, -0.15) is 0 Å². The molecule has 1 atom stereocenters. The molecule has 25 heavy (non-hydrogen) atoms. The van der Waals surface area contributed by atoms with Gasteiger partial charge in [0.25, 0.3) is 5.91 Å². The largest absolute Gasteiger partial charge is 0.452 e. The number of carbonyl (C=O) groups is 3. The van der Waals surface area contributed by atoms with Crippen LogP contribution in [0, 0.1) is 0 Å².